The van der Waals surface area contributed by atoms with E-state index in [1.165, 1.54) is 17.0 Å². The van der Waals surface area contributed by atoms with Crippen molar-refractivity contribution in [3.8, 4) is 5.75 Å². The van der Waals surface area contributed by atoms with Crippen LogP contribution >= 0.6 is 0 Å². The number of urea groups is 1. The Hall–Kier alpha value is -3.08. The first-order chi connectivity index (χ1) is 11.0. The van der Waals surface area contributed by atoms with Gasteiger partial charge < -0.3 is 10.4 Å². The number of aromatic hydroxyl groups is 1. The Morgan fingerprint density at radius 1 is 1.13 bits per heavy atom. The lowest BCUT2D eigenvalue weighted by molar-refractivity contribution is -0.123. The lowest BCUT2D eigenvalue weighted by atomic mass is 10.1. The number of aryl methyl sites for hydroxylation is 1. The summed E-state index contributed by atoms with van der Waals surface area (Å²) in [6.45, 7) is 2.20. The maximum absolute atomic E-state index is 12.4. The van der Waals surface area contributed by atoms with E-state index in [4.69, 9.17) is 0 Å². The fraction of sp³-hybridized carbons (Fsp3) is 0.111. The summed E-state index contributed by atoms with van der Waals surface area (Å²) in [5.41, 5.74) is 2.94. The summed E-state index contributed by atoms with van der Waals surface area (Å²) in [6.07, 6.45) is 1.59. The third-order valence-corrected chi connectivity index (χ3v) is 3.59. The molecule has 0 bridgehead atoms. The zero-order valence-corrected chi connectivity index (χ0v) is 12.6. The van der Waals surface area contributed by atoms with Crippen LogP contribution in [0.15, 0.2) is 54.2 Å². The van der Waals surface area contributed by atoms with Gasteiger partial charge in [-0.1, -0.05) is 42.0 Å². The van der Waals surface area contributed by atoms with Gasteiger partial charge in [0.15, 0.2) is 0 Å². The molecular weight excluding hydrogens is 292 g/mol. The molecule has 2 aromatic carbocycles. The molecule has 1 aliphatic rings. The Kier molecular flexibility index (Phi) is 3.85. The summed E-state index contributed by atoms with van der Waals surface area (Å²) < 4.78 is 0. The molecule has 0 atom stereocenters. The SMILES string of the molecule is Cc1cccc(CN2C(=O)NC(=Cc3ccc(O)cc3)C2=O)c1. The van der Waals surface area contributed by atoms with Gasteiger partial charge in [-0.15, -0.1) is 0 Å². The summed E-state index contributed by atoms with van der Waals surface area (Å²) in [4.78, 5) is 25.6. The van der Waals surface area contributed by atoms with E-state index in [0.29, 0.717) is 0 Å². The summed E-state index contributed by atoms with van der Waals surface area (Å²) >= 11 is 0. The van der Waals surface area contributed by atoms with Crippen molar-refractivity contribution in [2.45, 2.75) is 13.5 Å². The number of imide groups is 1. The van der Waals surface area contributed by atoms with Crippen molar-refractivity contribution in [1.82, 2.24) is 10.2 Å². The third-order valence-electron chi connectivity index (χ3n) is 3.59. The molecule has 23 heavy (non-hydrogen) atoms. The predicted molar refractivity (Wildman–Crippen MR) is 86.3 cm³/mol. The van der Waals surface area contributed by atoms with Crippen molar-refractivity contribution in [3.05, 3.63) is 70.9 Å². The Bertz CT molecular complexity index is 794. The van der Waals surface area contributed by atoms with Crippen molar-refractivity contribution in [1.29, 1.82) is 0 Å². The number of benzene rings is 2. The molecule has 3 amide bonds. The van der Waals surface area contributed by atoms with E-state index in [9.17, 15) is 14.7 Å². The van der Waals surface area contributed by atoms with Gasteiger partial charge in [-0.05, 0) is 36.3 Å². The summed E-state index contributed by atoms with van der Waals surface area (Å²) in [5.74, 6) is -0.209. The molecule has 1 fully saturated rings. The van der Waals surface area contributed by atoms with E-state index in [1.54, 1.807) is 18.2 Å². The lowest BCUT2D eigenvalue weighted by Crippen LogP contribution is -2.30. The predicted octanol–water partition coefficient (Wildman–Crippen LogP) is 2.79. The zero-order valence-electron chi connectivity index (χ0n) is 12.6. The van der Waals surface area contributed by atoms with Crippen LogP contribution in [0.5, 0.6) is 5.75 Å². The molecule has 0 aliphatic carbocycles. The molecule has 2 aromatic rings. The fourth-order valence-corrected chi connectivity index (χ4v) is 2.45. The van der Waals surface area contributed by atoms with Crippen LogP contribution in [0.1, 0.15) is 16.7 Å². The minimum absolute atomic E-state index is 0.148. The zero-order chi connectivity index (χ0) is 16.4. The number of carbonyl (C=O) groups is 2. The summed E-state index contributed by atoms with van der Waals surface area (Å²) in [6, 6.07) is 13.7. The molecule has 1 heterocycles. The second-order valence-corrected chi connectivity index (χ2v) is 5.46. The normalized spacial score (nSPS) is 16.0. The smallest absolute Gasteiger partial charge is 0.329 e. The van der Waals surface area contributed by atoms with Crippen LogP contribution in [0.3, 0.4) is 0 Å². The highest BCUT2D eigenvalue weighted by atomic mass is 16.3. The quantitative estimate of drug-likeness (QED) is 0.676. The Balaban J connectivity index is 1.81. The number of hydrogen-bond donors (Lipinski definition) is 2. The van der Waals surface area contributed by atoms with Crippen LogP contribution in [-0.4, -0.2) is 21.9 Å². The first kappa shape index (κ1) is 14.8. The molecule has 3 rings (SSSR count). The molecule has 1 aliphatic heterocycles. The van der Waals surface area contributed by atoms with E-state index >= 15 is 0 Å². The first-order valence-corrected chi connectivity index (χ1v) is 7.22. The molecule has 0 aromatic heterocycles. The van der Waals surface area contributed by atoms with E-state index in [-0.39, 0.29) is 23.9 Å². The molecular formula is C18H16N2O3. The number of carbonyl (C=O) groups excluding carboxylic acids is 2. The number of amides is 3. The summed E-state index contributed by atoms with van der Waals surface area (Å²) in [7, 11) is 0. The van der Waals surface area contributed by atoms with Crippen LogP contribution in [0.25, 0.3) is 6.08 Å². The van der Waals surface area contributed by atoms with Gasteiger partial charge in [0, 0.05) is 0 Å². The lowest BCUT2D eigenvalue weighted by Gasteiger charge is -2.12. The van der Waals surface area contributed by atoms with E-state index < -0.39 is 6.03 Å². The molecule has 2 N–H and O–H groups in total. The van der Waals surface area contributed by atoms with Crippen LogP contribution in [0.2, 0.25) is 0 Å². The average Bonchev–Trinajstić information content (AvgIpc) is 2.77. The summed E-state index contributed by atoms with van der Waals surface area (Å²) in [5, 5.41) is 11.9. The van der Waals surface area contributed by atoms with Crippen molar-refractivity contribution >= 4 is 18.0 Å². The van der Waals surface area contributed by atoms with Gasteiger partial charge in [-0.3, -0.25) is 9.69 Å². The van der Waals surface area contributed by atoms with Gasteiger partial charge >= 0.3 is 6.03 Å². The molecule has 116 valence electrons. The number of rotatable bonds is 3. The van der Waals surface area contributed by atoms with Crippen LogP contribution < -0.4 is 5.32 Å². The molecule has 1 saturated heterocycles. The van der Waals surface area contributed by atoms with Crippen molar-refractivity contribution in [2.75, 3.05) is 0 Å². The van der Waals surface area contributed by atoms with Crippen LogP contribution in [-0.2, 0) is 11.3 Å². The van der Waals surface area contributed by atoms with Crippen molar-refractivity contribution in [2.24, 2.45) is 0 Å². The standard InChI is InChI=1S/C18H16N2O3/c1-12-3-2-4-14(9-12)11-20-17(22)16(19-18(20)23)10-13-5-7-15(21)8-6-13/h2-10,21H,11H2,1H3,(H,19,23). The fourth-order valence-electron chi connectivity index (χ4n) is 2.45. The molecule has 0 radical (unpaired) electrons. The third kappa shape index (κ3) is 3.23. The highest BCUT2D eigenvalue weighted by Crippen LogP contribution is 2.18. The number of nitrogens with zero attached hydrogens (tertiary/aromatic N) is 1. The first-order valence-electron chi connectivity index (χ1n) is 7.22. The van der Waals surface area contributed by atoms with Crippen molar-refractivity contribution in [3.63, 3.8) is 0 Å². The van der Waals surface area contributed by atoms with Gasteiger partial charge in [0.25, 0.3) is 5.91 Å². The van der Waals surface area contributed by atoms with Crippen molar-refractivity contribution < 1.29 is 14.7 Å². The van der Waals surface area contributed by atoms with Gasteiger partial charge in [0.1, 0.15) is 11.4 Å². The van der Waals surface area contributed by atoms with E-state index in [1.807, 2.05) is 31.2 Å². The Morgan fingerprint density at radius 3 is 2.57 bits per heavy atom. The maximum Gasteiger partial charge on any atom is 0.329 e. The Morgan fingerprint density at radius 2 is 1.87 bits per heavy atom. The number of phenols is 1. The van der Waals surface area contributed by atoms with Gasteiger partial charge in [-0.25, -0.2) is 4.79 Å². The monoisotopic (exact) mass is 308 g/mol. The largest absolute Gasteiger partial charge is 0.508 e. The van der Waals surface area contributed by atoms with E-state index in [2.05, 4.69) is 5.32 Å². The highest BCUT2D eigenvalue weighted by molar-refractivity contribution is 6.13. The molecule has 0 spiro atoms. The van der Waals surface area contributed by atoms with Crippen LogP contribution in [0.4, 0.5) is 4.79 Å². The number of phenolic OH excluding ortho intramolecular Hbond substituents is 1. The second-order valence-electron chi connectivity index (χ2n) is 5.46. The minimum atomic E-state index is -0.429. The van der Waals surface area contributed by atoms with Crippen LogP contribution in [0, 0.1) is 6.92 Å². The van der Waals surface area contributed by atoms with Gasteiger partial charge in [0.2, 0.25) is 0 Å². The maximum atomic E-state index is 12.4. The highest BCUT2D eigenvalue weighted by Gasteiger charge is 2.33. The molecule has 5 nitrogen and oxygen atoms in total. The molecule has 0 unspecified atom stereocenters. The minimum Gasteiger partial charge on any atom is -0.508 e. The number of nitrogens with one attached hydrogen (secondary N) is 1. The van der Waals surface area contributed by atoms with Gasteiger partial charge in [-0.2, -0.15) is 0 Å². The Labute approximate surface area is 133 Å². The van der Waals surface area contributed by atoms with E-state index in [0.717, 1.165) is 16.7 Å². The average molecular weight is 308 g/mol. The molecule has 0 saturated carbocycles. The topological polar surface area (TPSA) is 69.6 Å². The van der Waals surface area contributed by atoms with Gasteiger partial charge in [0.05, 0.1) is 6.54 Å². The second kappa shape index (κ2) is 5.96. The number of hydrogen-bond acceptors (Lipinski definition) is 3. The molecule has 5 heteroatoms.